The van der Waals surface area contributed by atoms with Crippen LogP contribution in [0.1, 0.15) is 30.4 Å². The van der Waals surface area contributed by atoms with E-state index in [9.17, 15) is 15.4 Å². The number of rotatable bonds is 8. The van der Waals surface area contributed by atoms with E-state index in [2.05, 4.69) is 15.2 Å². The second-order valence-electron chi connectivity index (χ2n) is 9.05. The highest BCUT2D eigenvalue weighted by molar-refractivity contribution is 6.18. The van der Waals surface area contributed by atoms with Crippen LogP contribution in [0.15, 0.2) is 82.5 Å². The van der Waals surface area contributed by atoms with Crippen molar-refractivity contribution in [2.24, 2.45) is 5.16 Å². The third-order valence-corrected chi connectivity index (χ3v) is 6.55. The van der Waals surface area contributed by atoms with Crippen molar-refractivity contribution in [1.82, 2.24) is 10.1 Å². The minimum absolute atomic E-state index is 0.121. The predicted octanol–water partition coefficient (Wildman–Crippen LogP) is 5.51. The van der Waals surface area contributed by atoms with Gasteiger partial charge in [0.1, 0.15) is 35.3 Å². The van der Waals surface area contributed by atoms with Gasteiger partial charge in [-0.3, -0.25) is 4.90 Å². The SMILES string of the molecule is ON=C(c1ccc(OCCN2CCCCC2)cc1)c1c(-c2ccc(O)cc2)noc1-c1ccc(O)cc1. The zero-order valence-electron chi connectivity index (χ0n) is 20.4. The third kappa shape index (κ3) is 5.59. The Labute approximate surface area is 215 Å². The molecule has 1 aliphatic heterocycles. The number of oxime groups is 1. The van der Waals surface area contributed by atoms with Gasteiger partial charge in [-0.15, -0.1) is 0 Å². The molecule has 0 aliphatic carbocycles. The molecule has 5 rings (SSSR count). The van der Waals surface area contributed by atoms with Crippen LogP contribution in [0.3, 0.4) is 0 Å². The van der Waals surface area contributed by atoms with E-state index in [0.717, 1.165) is 25.4 Å². The van der Waals surface area contributed by atoms with Gasteiger partial charge in [0.05, 0.1) is 5.56 Å². The fraction of sp³-hybridized carbons (Fsp3) is 0.241. The van der Waals surface area contributed by atoms with Crippen LogP contribution in [-0.4, -0.2) is 57.4 Å². The first-order valence-electron chi connectivity index (χ1n) is 12.4. The molecule has 4 aromatic rings. The van der Waals surface area contributed by atoms with Crippen molar-refractivity contribution in [1.29, 1.82) is 0 Å². The highest BCUT2D eigenvalue weighted by atomic mass is 16.5. The molecule has 0 atom stereocenters. The van der Waals surface area contributed by atoms with Crippen LogP contribution in [0, 0.1) is 0 Å². The van der Waals surface area contributed by atoms with Gasteiger partial charge in [0, 0.05) is 23.2 Å². The predicted molar refractivity (Wildman–Crippen MR) is 140 cm³/mol. The number of nitrogens with zero attached hydrogens (tertiary/aromatic N) is 3. The van der Waals surface area contributed by atoms with E-state index in [1.165, 1.54) is 19.3 Å². The third-order valence-electron chi connectivity index (χ3n) is 6.55. The molecule has 37 heavy (non-hydrogen) atoms. The second kappa shape index (κ2) is 11.2. The highest BCUT2D eigenvalue weighted by Crippen LogP contribution is 2.35. The van der Waals surface area contributed by atoms with Gasteiger partial charge in [-0.1, -0.05) is 16.7 Å². The summed E-state index contributed by atoms with van der Waals surface area (Å²) in [6.45, 7) is 3.77. The summed E-state index contributed by atoms with van der Waals surface area (Å²) in [6, 6.07) is 20.4. The summed E-state index contributed by atoms with van der Waals surface area (Å²) in [7, 11) is 0. The number of hydrogen-bond donors (Lipinski definition) is 3. The lowest BCUT2D eigenvalue weighted by atomic mass is 9.94. The Morgan fingerprint density at radius 3 is 2.08 bits per heavy atom. The van der Waals surface area contributed by atoms with E-state index in [1.54, 1.807) is 48.5 Å². The number of aromatic hydroxyl groups is 2. The molecular weight excluding hydrogens is 470 g/mol. The van der Waals surface area contributed by atoms with Crippen molar-refractivity contribution >= 4 is 5.71 Å². The minimum Gasteiger partial charge on any atom is -0.508 e. The first-order valence-corrected chi connectivity index (χ1v) is 12.4. The maximum absolute atomic E-state index is 10.1. The van der Waals surface area contributed by atoms with Gasteiger partial charge in [-0.25, -0.2) is 0 Å². The van der Waals surface area contributed by atoms with E-state index >= 15 is 0 Å². The number of phenolic OH excluding ortho intramolecular Hbond substituents is 2. The van der Waals surface area contributed by atoms with Crippen molar-refractivity contribution in [2.75, 3.05) is 26.2 Å². The summed E-state index contributed by atoms with van der Waals surface area (Å²) < 4.78 is 11.7. The standard InChI is InChI=1S/C29H29N3O5/c33-23-10-4-21(5-11-23)28-26(29(37-31-28)22-6-12-24(34)13-7-22)27(30-35)20-8-14-25(15-9-20)36-19-18-32-16-2-1-3-17-32/h4-15,33-35H,1-3,16-19H2. The highest BCUT2D eigenvalue weighted by Gasteiger charge is 2.25. The van der Waals surface area contributed by atoms with Gasteiger partial charge in [0.15, 0.2) is 5.76 Å². The van der Waals surface area contributed by atoms with Crippen LogP contribution in [0.2, 0.25) is 0 Å². The summed E-state index contributed by atoms with van der Waals surface area (Å²) in [5.41, 5.74) is 3.20. The van der Waals surface area contributed by atoms with Crippen molar-refractivity contribution in [2.45, 2.75) is 19.3 Å². The number of phenols is 2. The van der Waals surface area contributed by atoms with E-state index in [0.29, 0.717) is 40.3 Å². The molecule has 0 unspecified atom stereocenters. The number of ether oxygens (including phenoxy) is 1. The van der Waals surface area contributed by atoms with Gasteiger partial charge in [0.2, 0.25) is 0 Å². The lowest BCUT2D eigenvalue weighted by molar-refractivity contribution is 0.183. The normalized spacial score (nSPS) is 14.5. The number of aromatic nitrogens is 1. The molecule has 3 aromatic carbocycles. The Morgan fingerprint density at radius 2 is 1.46 bits per heavy atom. The smallest absolute Gasteiger partial charge is 0.177 e. The van der Waals surface area contributed by atoms with E-state index in [-0.39, 0.29) is 17.2 Å². The first kappa shape index (κ1) is 24.4. The topological polar surface area (TPSA) is 112 Å². The molecule has 8 nitrogen and oxygen atoms in total. The summed E-state index contributed by atoms with van der Waals surface area (Å²) in [4.78, 5) is 2.43. The Kier molecular flexibility index (Phi) is 7.37. The number of hydrogen-bond acceptors (Lipinski definition) is 8. The Morgan fingerprint density at radius 1 is 0.838 bits per heavy atom. The van der Waals surface area contributed by atoms with Crippen LogP contribution >= 0.6 is 0 Å². The van der Waals surface area contributed by atoms with Gasteiger partial charge < -0.3 is 24.7 Å². The Balaban J connectivity index is 1.44. The molecule has 0 radical (unpaired) electrons. The molecular formula is C29H29N3O5. The van der Waals surface area contributed by atoms with Gasteiger partial charge in [-0.05, 0) is 98.7 Å². The summed E-state index contributed by atoms with van der Waals surface area (Å²) in [6.07, 6.45) is 3.81. The average molecular weight is 500 g/mol. The fourth-order valence-corrected chi connectivity index (χ4v) is 4.57. The lowest BCUT2D eigenvalue weighted by Crippen LogP contribution is -2.33. The van der Waals surface area contributed by atoms with Crippen molar-refractivity contribution in [3.8, 4) is 39.8 Å². The van der Waals surface area contributed by atoms with Crippen LogP contribution in [0.4, 0.5) is 0 Å². The minimum atomic E-state index is 0.121. The zero-order valence-corrected chi connectivity index (χ0v) is 20.4. The van der Waals surface area contributed by atoms with Crippen molar-refractivity contribution < 1.29 is 24.7 Å². The Hall–Kier alpha value is -4.30. The van der Waals surface area contributed by atoms with E-state index in [4.69, 9.17) is 9.26 Å². The van der Waals surface area contributed by atoms with Gasteiger partial charge >= 0.3 is 0 Å². The molecule has 0 amide bonds. The number of likely N-dealkylation sites (tertiary alicyclic amines) is 1. The monoisotopic (exact) mass is 499 g/mol. The van der Waals surface area contributed by atoms with E-state index < -0.39 is 0 Å². The zero-order chi connectivity index (χ0) is 25.6. The largest absolute Gasteiger partial charge is 0.508 e. The molecule has 1 fully saturated rings. The summed E-state index contributed by atoms with van der Waals surface area (Å²) in [5, 5.41) is 37.5. The lowest BCUT2D eigenvalue weighted by Gasteiger charge is -2.26. The molecule has 190 valence electrons. The number of benzene rings is 3. The molecule has 1 aliphatic rings. The Bertz CT molecular complexity index is 1280. The van der Waals surface area contributed by atoms with Crippen LogP contribution in [-0.2, 0) is 0 Å². The summed E-state index contributed by atoms with van der Waals surface area (Å²) in [5.74, 6) is 1.37. The maximum Gasteiger partial charge on any atom is 0.177 e. The maximum atomic E-state index is 10.1. The van der Waals surface area contributed by atoms with Gasteiger partial charge in [-0.2, -0.15) is 0 Å². The molecule has 0 spiro atoms. The molecule has 0 saturated carbocycles. The van der Waals surface area contributed by atoms with Gasteiger partial charge in [0.25, 0.3) is 0 Å². The van der Waals surface area contributed by atoms with Crippen molar-refractivity contribution in [3.05, 3.63) is 83.9 Å². The van der Waals surface area contributed by atoms with Crippen molar-refractivity contribution in [3.63, 3.8) is 0 Å². The molecule has 0 bridgehead atoms. The second-order valence-corrected chi connectivity index (χ2v) is 9.05. The number of piperidine rings is 1. The molecule has 2 heterocycles. The van der Waals surface area contributed by atoms with E-state index in [1.807, 2.05) is 24.3 Å². The average Bonchev–Trinajstić information content (AvgIpc) is 3.36. The van der Waals surface area contributed by atoms with Crippen LogP contribution in [0.5, 0.6) is 17.2 Å². The molecule has 1 saturated heterocycles. The van der Waals surface area contributed by atoms with Crippen LogP contribution < -0.4 is 4.74 Å². The molecule has 3 N–H and O–H groups in total. The quantitative estimate of drug-likeness (QED) is 0.166. The van der Waals surface area contributed by atoms with Crippen LogP contribution in [0.25, 0.3) is 22.6 Å². The molecule has 1 aromatic heterocycles. The summed E-state index contributed by atoms with van der Waals surface area (Å²) >= 11 is 0. The first-order chi connectivity index (χ1) is 18.1. The fourth-order valence-electron chi connectivity index (χ4n) is 4.57. The molecule has 8 heteroatoms.